The number of hydrogen-bond donors (Lipinski definition) is 1. The van der Waals surface area contributed by atoms with Crippen LogP contribution in [0, 0.1) is 0 Å². The fourth-order valence-electron chi connectivity index (χ4n) is 2.58. The summed E-state index contributed by atoms with van der Waals surface area (Å²) in [5, 5.41) is 3.26. The number of halogens is 1. The van der Waals surface area contributed by atoms with Crippen molar-refractivity contribution in [3.63, 3.8) is 0 Å². The first-order valence-corrected chi connectivity index (χ1v) is 8.88. The third-order valence-corrected chi connectivity index (χ3v) is 5.97. The summed E-state index contributed by atoms with van der Waals surface area (Å²) in [6.07, 6.45) is 3.24. The van der Waals surface area contributed by atoms with Crippen molar-refractivity contribution in [1.82, 2.24) is 9.62 Å². The molecule has 1 aliphatic heterocycles. The summed E-state index contributed by atoms with van der Waals surface area (Å²) in [5.74, 6) is -0.180. The molecule has 21 heavy (non-hydrogen) atoms. The van der Waals surface area contributed by atoms with Gasteiger partial charge < -0.3 is 5.32 Å². The molecule has 1 N–H and O–H groups in total. The standard InChI is InChI=1S/C14H17ClN2O3S/c15-10-3-1-4-12(9-10)21(19,20)17-8-2-5-13(17)14(18)16-11-6-7-11/h1,3-4,9,11,13H,2,5-8H2,(H,16,18). The van der Waals surface area contributed by atoms with Crippen molar-refractivity contribution in [2.45, 2.75) is 42.7 Å². The molecule has 0 aromatic heterocycles. The zero-order chi connectivity index (χ0) is 15.0. The van der Waals surface area contributed by atoms with Gasteiger partial charge in [-0.1, -0.05) is 17.7 Å². The lowest BCUT2D eigenvalue weighted by atomic mass is 10.2. The number of rotatable bonds is 4. The normalized spacial score (nSPS) is 23.2. The predicted octanol–water partition coefficient (Wildman–Crippen LogP) is 1.77. The van der Waals surface area contributed by atoms with E-state index in [1.165, 1.54) is 16.4 Å². The lowest BCUT2D eigenvalue weighted by molar-refractivity contribution is -0.124. The molecule has 1 heterocycles. The molecule has 114 valence electrons. The Bertz CT molecular complexity index is 658. The van der Waals surface area contributed by atoms with Gasteiger partial charge in [-0.05, 0) is 43.9 Å². The Morgan fingerprint density at radius 3 is 2.71 bits per heavy atom. The highest BCUT2D eigenvalue weighted by atomic mass is 35.5. The van der Waals surface area contributed by atoms with E-state index in [9.17, 15) is 13.2 Å². The van der Waals surface area contributed by atoms with E-state index in [0.29, 0.717) is 24.4 Å². The largest absolute Gasteiger partial charge is 0.352 e. The van der Waals surface area contributed by atoms with E-state index >= 15 is 0 Å². The molecule has 3 rings (SSSR count). The van der Waals surface area contributed by atoms with Crippen molar-refractivity contribution >= 4 is 27.5 Å². The lowest BCUT2D eigenvalue weighted by Gasteiger charge is -2.23. The smallest absolute Gasteiger partial charge is 0.243 e. The molecule has 5 nitrogen and oxygen atoms in total. The summed E-state index contributed by atoms with van der Waals surface area (Å²) in [6.45, 7) is 0.373. The second kappa shape index (κ2) is 5.59. The summed E-state index contributed by atoms with van der Waals surface area (Å²) in [5.41, 5.74) is 0. The van der Waals surface area contributed by atoms with Gasteiger partial charge in [-0.25, -0.2) is 8.42 Å². The molecule has 1 saturated heterocycles. The maximum Gasteiger partial charge on any atom is 0.243 e. The minimum Gasteiger partial charge on any atom is -0.352 e. The fourth-order valence-corrected chi connectivity index (χ4v) is 4.54. The van der Waals surface area contributed by atoms with E-state index < -0.39 is 16.1 Å². The van der Waals surface area contributed by atoms with Crippen LogP contribution in [-0.2, 0) is 14.8 Å². The summed E-state index contributed by atoms with van der Waals surface area (Å²) >= 11 is 5.87. The monoisotopic (exact) mass is 328 g/mol. The number of amides is 1. The van der Waals surface area contributed by atoms with Gasteiger partial charge in [-0.3, -0.25) is 4.79 Å². The van der Waals surface area contributed by atoms with Crippen molar-refractivity contribution in [2.75, 3.05) is 6.54 Å². The van der Waals surface area contributed by atoms with Crippen LogP contribution in [0.25, 0.3) is 0 Å². The quantitative estimate of drug-likeness (QED) is 0.916. The molecule has 0 radical (unpaired) electrons. The van der Waals surface area contributed by atoms with Gasteiger partial charge in [-0.15, -0.1) is 0 Å². The van der Waals surface area contributed by atoms with Gasteiger partial charge in [0.2, 0.25) is 15.9 Å². The van der Waals surface area contributed by atoms with E-state index in [2.05, 4.69) is 5.32 Å². The molecule has 1 unspecified atom stereocenters. The highest BCUT2D eigenvalue weighted by Gasteiger charge is 2.40. The van der Waals surface area contributed by atoms with Crippen molar-refractivity contribution in [1.29, 1.82) is 0 Å². The lowest BCUT2D eigenvalue weighted by Crippen LogP contribution is -2.46. The van der Waals surface area contributed by atoms with Gasteiger partial charge in [0.1, 0.15) is 6.04 Å². The summed E-state index contributed by atoms with van der Waals surface area (Å²) < 4.78 is 26.7. The number of benzene rings is 1. The summed E-state index contributed by atoms with van der Waals surface area (Å²) in [6, 6.07) is 5.79. The molecule has 1 saturated carbocycles. The Kier molecular flexibility index (Phi) is 3.94. The number of hydrogen-bond acceptors (Lipinski definition) is 3. The first-order chi connectivity index (χ1) is 9.98. The van der Waals surface area contributed by atoms with Crippen molar-refractivity contribution in [3.05, 3.63) is 29.3 Å². The Labute approximate surface area is 129 Å². The summed E-state index contributed by atoms with van der Waals surface area (Å²) in [7, 11) is -3.68. The zero-order valence-electron chi connectivity index (χ0n) is 11.5. The van der Waals surface area contributed by atoms with Gasteiger partial charge in [0.25, 0.3) is 0 Å². The van der Waals surface area contributed by atoms with Gasteiger partial charge in [0.15, 0.2) is 0 Å². The van der Waals surface area contributed by atoms with Gasteiger partial charge in [0.05, 0.1) is 4.90 Å². The van der Waals surface area contributed by atoms with Gasteiger partial charge >= 0.3 is 0 Å². The molecule has 1 aliphatic carbocycles. The Morgan fingerprint density at radius 2 is 2.05 bits per heavy atom. The number of nitrogens with zero attached hydrogens (tertiary/aromatic N) is 1. The van der Waals surface area contributed by atoms with E-state index in [0.717, 1.165) is 12.8 Å². The molecule has 1 atom stereocenters. The molecular weight excluding hydrogens is 312 g/mol. The maximum absolute atomic E-state index is 12.7. The van der Waals surface area contributed by atoms with E-state index in [4.69, 9.17) is 11.6 Å². The molecule has 1 aromatic rings. The molecule has 0 spiro atoms. The van der Waals surface area contributed by atoms with Crippen molar-refractivity contribution in [2.24, 2.45) is 0 Å². The zero-order valence-corrected chi connectivity index (χ0v) is 13.0. The van der Waals surface area contributed by atoms with Gasteiger partial charge in [-0.2, -0.15) is 4.31 Å². The topological polar surface area (TPSA) is 66.5 Å². The Hall–Kier alpha value is -1.11. The van der Waals surface area contributed by atoms with Crippen LogP contribution >= 0.6 is 11.6 Å². The van der Waals surface area contributed by atoms with Gasteiger partial charge in [0, 0.05) is 17.6 Å². The third-order valence-electron chi connectivity index (χ3n) is 3.83. The van der Waals surface area contributed by atoms with Crippen LogP contribution in [0.5, 0.6) is 0 Å². The first kappa shape index (κ1) is 14.8. The molecular formula is C14H17ClN2O3S. The maximum atomic E-state index is 12.7. The van der Waals surface area contributed by atoms with Crippen LogP contribution in [0.2, 0.25) is 5.02 Å². The fraction of sp³-hybridized carbons (Fsp3) is 0.500. The SMILES string of the molecule is O=C(NC1CC1)C1CCCN1S(=O)(=O)c1cccc(Cl)c1. The van der Waals surface area contributed by atoms with Crippen LogP contribution in [0.15, 0.2) is 29.2 Å². The first-order valence-electron chi connectivity index (χ1n) is 7.06. The van der Waals surface area contributed by atoms with Crippen LogP contribution in [0.1, 0.15) is 25.7 Å². The van der Waals surface area contributed by atoms with Crippen LogP contribution < -0.4 is 5.32 Å². The van der Waals surface area contributed by atoms with Crippen LogP contribution in [0.3, 0.4) is 0 Å². The Morgan fingerprint density at radius 1 is 1.29 bits per heavy atom. The van der Waals surface area contributed by atoms with Crippen molar-refractivity contribution in [3.8, 4) is 0 Å². The minimum absolute atomic E-state index is 0.140. The van der Waals surface area contributed by atoms with Crippen LogP contribution in [-0.4, -0.2) is 37.3 Å². The minimum atomic E-state index is -3.68. The van der Waals surface area contributed by atoms with Crippen molar-refractivity contribution < 1.29 is 13.2 Å². The second-order valence-corrected chi connectivity index (χ2v) is 7.84. The molecule has 7 heteroatoms. The highest BCUT2D eigenvalue weighted by Crippen LogP contribution is 2.28. The predicted molar refractivity (Wildman–Crippen MR) is 79.5 cm³/mol. The third kappa shape index (κ3) is 3.07. The molecule has 0 bridgehead atoms. The number of carbonyl (C=O) groups is 1. The second-order valence-electron chi connectivity index (χ2n) is 5.51. The van der Waals surface area contributed by atoms with E-state index in [1.54, 1.807) is 12.1 Å². The average Bonchev–Trinajstić information content (AvgIpc) is 3.10. The molecule has 2 aliphatic rings. The van der Waals surface area contributed by atoms with E-state index in [-0.39, 0.29) is 16.8 Å². The average molecular weight is 329 g/mol. The number of sulfonamides is 1. The number of nitrogens with one attached hydrogen (secondary N) is 1. The molecule has 2 fully saturated rings. The Balaban J connectivity index is 1.84. The van der Waals surface area contributed by atoms with Crippen LogP contribution in [0.4, 0.5) is 0 Å². The molecule has 1 aromatic carbocycles. The highest BCUT2D eigenvalue weighted by molar-refractivity contribution is 7.89. The number of carbonyl (C=O) groups excluding carboxylic acids is 1. The summed E-state index contributed by atoms with van der Waals surface area (Å²) in [4.78, 5) is 12.3. The molecule has 1 amide bonds. The van der Waals surface area contributed by atoms with E-state index in [1.807, 2.05) is 0 Å².